The molecule has 0 radical (unpaired) electrons. The number of amides is 1. The maximum Gasteiger partial charge on any atom is 0.246 e. The molecule has 0 aliphatic carbocycles. The van der Waals surface area contributed by atoms with E-state index in [4.69, 9.17) is 10.5 Å². The quantitative estimate of drug-likeness (QED) is 0.487. The van der Waals surface area contributed by atoms with E-state index in [1.807, 2.05) is 0 Å². The first-order chi connectivity index (χ1) is 8.66. The van der Waals surface area contributed by atoms with Gasteiger partial charge in [0.1, 0.15) is 5.75 Å². The third-order valence-corrected chi connectivity index (χ3v) is 2.78. The predicted octanol–water partition coefficient (Wildman–Crippen LogP) is 1.27. The summed E-state index contributed by atoms with van der Waals surface area (Å²) in [7, 11) is 0. The number of hydrogen-bond acceptors (Lipinski definition) is 4. The molecule has 3 N–H and O–H groups in total. The van der Waals surface area contributed by atoms with E-state index >= 15 is 0 Å². The number of phenolic OH excluding ortho intramolecular Hbond substituents is 1. The molecule has 1 heterocycles. The molecule has 104 valence electrons. The Morgan fingerprint density at radius 3 is 2.74 bits per heavy atom. The van der Waals surface area contributed by atoms with Crippen LogP contribution in [-0.4, -0.2) is 42.2 Å². The van der Waals surface area contributed by atoms with Gasteiger partial charge in [0.05, 0.1) is 13.2 Å². The lowest BCUT2D eigenvalue weighted by Crippen LogP contribution is -2.39. The summed E-state index contributed by atoms with van der Waals surface area (Å²) in [5, 5.41) is 9.61. The number of benzene rings is 1. The van der Waals surface area contributed by atoms with Gasteiger partial charge in [-0.3, -0.25) is 4.79 Å². The van der Waals surface area contributed by atoms with Gasteiger partial charge in [0, 0.05) is 30.4 Å². The fourth-order valence-electron chi connectivity index (χ4n) is 1.76. The number of nitrogen functional groups attached to an aromatic ring is 1. The average molecular weight is 285 g/mol. The van der Waals surface area contributed by atoms with Crippen molar-refractivity contribution in [2.75, 3.05) is 32.0 Å². The van der Waals surface area contributed by atoms with Crippen molar-refractivity contribution in [3.05, 3.63) is 29.8 Å². The second-order valence-electron chi connectivity index (χ2n) is 4.09. The van der Waals surface area contributed by atoms with Crippen molar-refractivity contribution < 1.29 is 14.6 Å². The highest BCUT2D eigenvalue weighted by Crippen LogP contribution is 2.21. The van der Waals surface area contributed by atoms with Crippen molar-refractivity contribution >= 4 is 30.1 Å². The largest absolute Gasteiger partial charge is 0.507 e. The second kappa shape index (κ2) is 7.01. The molecule has 1 aromatic carbocycles. The number of nitrogens with two attached hydrogens (primary N) is 1. The zero-order chi connectivity index (χ0) is 13.0. The smallest absolute Gasteiger partial charge is 0.246 e. The van der Waals surface area contributed by atoms with Gasteiger partial charge in [0.15, 0.2) is 0 Å². The molecule has 19 heavy (non-hydrogen) atoms. The Morgan fingerprint density at radius 2 is 2.05 bits per heavy atom. The summed E-state index contributed by atoms with van der Waals surface area (Å²) in [6, 6.07) is 4.74. The van der Waals surface area contributed by atoms with Gasteiger partial charge in [-0.15, -0.1) is 12.4 Å². The summed E-state index contributed by atoms with van der Waals surface area (Å²) in [5.41, 5.74) is 6.71. The Kier molecular flexibility index (Phi) is 5.66. The van der Waals surface area contributed by atoms with Crippen LogP contribution in [0.1, 0.15) is 5.56 Å². The number of carbonyl (C=O) groups excluding carboxylic acids is 1. The highest BCUT2D eigenvalue weighted by atomic mass is 35.5. The molecule has 6 heteroatoms. The minimum Gasteiger partial charge on any atom is -0.507 e. The van der Waals surface area contributed by atoms with Gasteiger partial charge in [0.2, 0.25) is 5.91 Å². The number of aromatic hydroxyl groups is 1. The molecule has 0 spiro atoms. The Labute approximate surface area is 118 Å². The number of phenols is 1. The summed E-state index contributed by atoms with van der Waals surface area (Å²) in [6.45, 7) is 2.35. The van der Waals surface area contributed by atoms with E-state index in [0.717, 1.165) is 0 Å². The number of halogens is 1. The maximum absolute atomic E-state index is 11.8. The standard InChI is InChI=1S/C13H16N2O3.ClH/c14-11-2-3-12(16)10(9-11)1-4-13(17)15-5-7-18-8-6-15;/h1-4,9,16H,5-8,14H2;1H. The Morgan fingerprint density at radius 1 is 1.37 bits per heavy atom. The normalized spacial score (nSPS) is 15.3. The summed E-state index contributed by atoms with van der Waals surface area (Å²) in [4.78, 5) is 13.5. The Balaban J connectivity index is 0.00000180. The fourth-order valence-corrected chi connectivity index (χ4v) is 1.76. The number of anilines is 1. The average Bonchev–Trinajstić information content (AvgIpc) is 2.40. The van der Waals surface area contributed by atoms with Crippen LogP contribution in [0.5, 0.6) is 5.75 Å². The molecule has 0 saturated carbocycles. The third-order valence-electron chi connectivity index (χ3n) is 2.78. The Hall–Kier alpha value is -1.72. The van der Waals surface area contributed by atoms with Crippen LogP contribution in [0.4, 0.5) is 5.69 Å². The van der Waals surface area contributed by atoms with Crippen molar-refractivity contribution in [3.8, 4) is 5.75 Å². The zero-order valence-electron chi connectivity index (χ0n) is 10.4. The minimum atomic E-state index is -0.0832. The van der Waals surface area contributed by atoms with Crippen LogP contribution in [-0.2, 0) is 9.53 Å². The molecule has 1 aliphatic heterocycles. The van der Waals surface area contributed by atoms with Gasteiger partial charge in [-0.1, -0.05) is 0 Å². The van der Waals surface area contributed by atoms with Gasteiger partial charge in [-0.05, 0) is 24.3 Å². The SMILES string of the molecule is Cl.Nc1ccc(O)c(C=CC(=O)N2CCOCC2)c1. The number of carbonyl (C=O) groups is 1. The van der Waals surface area contributed by atoms with E-state index in [1.54, 1.807) is 23.1 Å². The van der Waals surface area contributed by atoms with Gasteiger partial charge in [-0.2, -0.15) is 0 Å². The van der Waals surface area contributed by atoms with Gasteiger partial charge in [0.25, 0.3) is 0 Å². The molecule has 0 bridgehead atoms. The van der Waals surface area contributed by atoms with Crippen LogP contribution in [0.15, 0.2) is 24.3 Å². The fraction of sp³-hybridized carbons (Fsp3) is 0.308. The topological polar surface area (TPSA) is 75.8 Å². The van der Waals surface area contributed by atoms with Gasteiger partial charge >= 0.3 is 0 Å². The molecule has 0 unspecified atom stereocenters. The lowest BCUT2D eigenvalue weighted by Gasteiger charge is -2.25. The molecule has 1 aromatic rings. The summed E-state index contributed by atoms with van der Waals surface area (Å²) >= 11 is 0. The minimum absolute atomic E-state index is 0. The zero-order valence-corrected chi connectivity index (χ0v) is 11.2. The van der Waals surface area contributed by atoms with Crippen molar-refractivity contribution in [2.24, 2.45) is 0 Å². The van der Waals surface area contributed by atoms with E-state index < -0.39 is 0 Å². The van der Waals surface area contributed by atoms with Crippen LogP contribution >= 0.6 is 12.4 Å². The summed E-state index contributed by atoms with van der Waals surface area (Å²) < 4.78 is 5.17. The van der Waals surface area contributed by atoms with Crippen molar-refractivity contribution in [1.82, 2.24) is 4.90 Å². The molecule has 1 fully saturated rings. The molecule has 1 saturated heterocycles. The monoisotopic (exact) mass is 284 g/mol. The molecule has 1 aliphatic rings. The molecule has 2 rings (SSSR count). The van der Waals surface area contributed by atoms with E-state index in [-0.39, 0.29) is 24.1 Å². The van der Waals surface area contributed by atoms with Crippen molar-refractivity contribution in [2.45, 2.75) is 0 Å². The van der Waals surface area contributed by atoms with Crippen LogP contribution in [0.2, 0.25) is 0 Å². The number of nitrogens with zero attached hydrogens (tertiary/aromatic N) is 1. The van der Waals surface area contributed by atoms with Gasteiger partial charge in [-0.25, -0.2) is 0 Å². The second-order valence-corrected chi connectivity index (χ2v) is 4.09. The van der Waals surface area contributed by atoms with E-state index in [9.17, 15) is 9.90 Å². The lowest BCUT2D eigenvalue weighted by atomic mass is 10.1. The highest BCUT2D eigenvalue weighted by Gasteiger charge is 2.14. The Bertz CT molecular complexity index is 471. The van der Waals surface area contributed by atoms with Crippen LogP contribution in [0, 0.1) is 0 Å². The molecule has 0 atom stereocenters. The van der Waals surface area contributed by atoms with E-state index in [0.29, 0.717) is 37.6 Å². The molecule has 5 nitrogen and oxygen atoms in total. The number of ether oxygens (including phenoxy) is 1. The number of hydrogen-bond donors (Lipinski definition) is 2. The van der Waals surface area contributed by atoms with E-state index in [1.165, 1.54) is 12.1 Å². The first kappa shape index (κ1) is 15.3. The summed E-state index contributed by atoms with van der Waals surface area (Å²) in [6.07, 6.45) is 3.02. The first-order valence-corrected chi connectivity index (χ1v) is 5.80. The lowest BCUT2D eigenvalue weighted by molar-refractivity contribution is -0.129. The molecular weight excluding hydrogens is 268 g/mol. The number of morpholine rings is 1. The molecule has 0 aromatic heterocycles. The van der Waals surface area contributed by atoms with Crippen LogP contribution in [0.25, 0.3) is 6.08 Å². The van der Waals surface area contributed by atoms with Crippen LogP contribution < -0.4 is 5.73 Å². The van der Waals surface area contributed by atoms with Crippen LogP contribution in [0.3, 0.4) is 0 Å². The molecule has 1 amide bonds. The summed E-state index contributed by atoms with van der Waals surface area (Å²) in [5.74, 6) is 0.0235. The van der Waals surface area contributed by atoms with E-state index in [2.05, 4.69) is 0 Å². The molecular formula is C13H17ClN2O3. The maximum atomic E-state index is 11.8. The third kappa shape index (κ3) is 4.15. The van der Waals surface area contributed by atoms with Crippen molar-refractivity contribution in [1.29, 1.82) is 0 Å². The van der Waals surface area contributed by atoms with Gasteiger partial charge < -0.3 is 20.5 Å². The first-order valence-electron chi connectivity index (χ1n) is 5.80. The predicted molar refractivity (Wildman–Crippen MR) is 76.2 cm³/mol. The number of rotatable bonds is 2. The van der Waals surface area contributed by atoms with Crippen molar-refractivity contribution in [3.63, 3.8) is 0 Å². The highest BCUT2D eigenvalue weighted by molar-refractivity contribution is 5.92.